The molecule has 2 aromatic carbocycles. The molecular weight excluding hydrogens is 380 g/mol. The van der Waals surface area contributed by atoms with Crippen molar-refractivity contribution < 1.29 is 23.0 Å². The Morgan fingerprint density at radius 2 is 2.00 bits per heavy atom. The quantitative estimate of drug-likeness (QED) is 0.725. The first-order chi connectivity index (χ1) is 14.0. The number of carbonyl (C=O) groups excluding carboxylic acids is 1. The summed E-state index contributed by atoms with van der Waals surface area (Å²) in [5, 5.41) is 5.59. The first-order valence-electron chi connectivity index (χ1n) is 9.33. The number of anilines is 3. The van der Waals surface area contributed by atoms with Gasteiger partial charge in [0.15, 0.2) is 6.29 Å². The van der Waals surface area contributed by atoms with E-state index in [1.165, 1.54) is 30.5 Å². The fraction of sp³-hybridized carbons (Fsp3) is 0.286. The monoisotopic (exact) mass is 401 g/mol. The van der Waals surface area contributed by atoms with E-state index >= 15 is 0 Å². The first kappa shape index (κ1) is 19.4. The summed E-state index contributed by atoms with van der Waals surface area (Å²) in [4.78, 5) is 13.9. The lowest BCUT2D eigenvalue weighted by molar-refractivity contribution is -0.110. The summed E-state index contributed by atoms with van der Waals surface area (Å²) in [6.45, 7) is 1.77. The fourth-order valence-corrected chi connectivity index (χ4v) is 3.36. The summed E-state index contributed by atoms with van der Waals surface area (Å²) in [5.41, 5.74) is 2.23. The third-order valence-corrected chi connectivity index (χ3v) is 4.90. The zero-order valence-corrected chi connectivity index (χ0v) is 15.9. The minimum atomic E-state index is -0.432. The molecule has 8 heteroatoms. The van der Waals surface area contributed by atoms with Crippen LogP contribution in [0.2, 0.25) is 0 Å². The number of halogens is 2. The average Bonchev–Trinajstić information content (AvgIpc) is 3.32. The molecule has 2 N–H and O–H groups in total. The molecule has 0 aliphatic carbocycles. The fourth-order valence-electron chi connectivity index (χ4n) is 3.36. The molecule has 152 valence electrons. The standard InChI is InChI=1S/C21H21F2N3O3/c1-26(7-6-20-28-8-9-29-20)19-5-3-14(11-17(19)23)24-12-16-15-10-13(22)2-4-18(15)25-21(16)27/h2-5,10-12,20,24H,6-9H2,1H3,(H,25,27)/b16-12+. The molecule has 4 rings (SSSR count). The third-order valence-electron chi connectivity index (χ3n) is 4.90. The molecule has 1 fully saturated rings. The van der Waals surface area contributed by atoms with Gasteiger partial charge in [0.05, 0.1) is 24.5 Å². The van der Waals surface area contributed by atoms with Gasteiger partial charge in [-0.1, -0.05) is 0 Å². The highest BCUT2D eigenvalue weighted by Crippen LogP contribution is 2.32. The Morgan fingerprint density at radius 3 is 2.76 bits per heavy atom. The highest BCUT2D eigenvalue weighted by molar-refractivity contribution is 6.31. The van der Waals surface area contributed by atoms with Crippen molar-refractivity contribution >= 4 is 28.5 Å². The van der Waals surface area contributed by atoms with Gasteiger partial charge >= 0.3 is 0 Å². The van der Waals surface area contributed by atoms with Crippen LogP contribution in [0.1, 0.15) is 12.0 Å². The van der Waals surface area contributed by atoms with Crippen molar-refractivity contribution in [2.24, 2.45) is 0 Å². The molecule has 0 spiro atoms. The largest absolute Gasteiger partial charge is 0.372 e. The highest BCUT2D eigenvalue weighted by atomic mass is 19.1. The van der Waals surface area contributed by atoms with Gasteiger partial charge in [-0.15, -0.1) is 0 Å². The van der Waals surface area contributed by atoms with E-state index in [0.29, 0.717) is 48.8 Å². The second-order valence-electron chi connectivity index (χ2n) is 6.89. The molecule has 0 aromatic heterocycles. The van der Waals surface area contributed by atoms with Crippen LogP contribution in [-0.2, 0) is 14.3 Å². The zero-order chi connectivity index (χ0) is 20.4. The number of carbonyl (C=O) groups is 1. The van der Waals surface area contributed by atoms with Crippen LogP contribution in [0, 0.1) is 11.6 Å². The lowest BCUT2D eigenvalue weighted by atomic mass is 10.1. The molecule has 0 unspecified atom stereocenters. The summed E-state index contributed by atoms with van der Waals surface area (Å²) in [6.07, 6.45) is 1.86. The summed E-state index contributed by atoms with van der Waals surface area (Å²) >= 11 is 0. The van der Waals surface area contributed by atoms with Crippen molar-refractivity contribution in [3.63, 3.8) is 0 Å². The van der Waals surface area contributed by atoms with E-state index in [4.69, 9.17) is 9.47 Å². The average molecular weight is 401 g/mol. The van der Waals surface area contributed by atoms with E-state index in [-0.39, 0.29) is 17.8 Å². The van der Waals surface area contributed by atoms with Gasteiger partial charge in [0.25, 0.3) is 5.91 Å². The van der Waals surface area contributed by atoms with Crippen LogP contribution in [-0.4, -0.2) is 39.0 Å². The summed E-state index contributed by atoms with van der Waals surface area (Å²) in [7, 11) is 1.80. The normalized spacial score (nSPS) is 17.5. The minimum absolute atomic E-state index is 0.238. The maximum absolute atomic E-state index is 14.6. The molecule has 2 heterocycles. The molecule has 1 saturated heterocycles. The number of fused-ring (bicyclic) bond motifs is 1. The van der Waals surface area contributed by atoms with Crippen LogP contribution >= 0.6 is 0 Å². The summed E-state index contributed by atoms with van der Waals surface area (Å²) in [5.74, 6) is -1.17. The second kappa shape index (κ2) is 8.18. The number of nitrogens with one attached hydrogen (secondary N) is 2. The van der Waals surface area contributed by atoms with E-state index in [1.807, 2.05) is 0 Å². The van der Waals surface area contributed by atoms with Crippen molar-refractivity contribution in [3.8, 4) is 0 Å². The minimum Gasteiger partial charge on any atom is -0.372 e. The molecule has 1 amide bonds. The smallest absolute Gasteiger partial charge is 0.257 e. The Bertz CT molecular complexity index is 958. The highest BCUT2D eigenvalue weighted by Gasteiger charge is 2.24. The Hall–Kier alpha value is -2.97. The first-order valence-corrected chi connectivity index (χ1v) is 9.33. The van der Waals surface area contributed by atoms with E-state index < -0.39 is 11.6 Å². The molecule has 2 aliphatic rings. The topological polar surface area (TPSA) is 62.8 Å². The van der Waals surface area contributed by atoms with Crippen molar-refractivity contribution in [2.45, 2.75) is 12.7 Å². The maximum atomic E-state index is 14.6. The van der Waals surface area contributed by atoms with Crippen molar-refractivity contribution in [2.75, 3.05) is 42.3 Å². The number of benzene rings is 2. The number of rotatable bonds is 6. The number of hydrogen-bond acceptors (Lipinski definition) is 5. The molecule has 2 aromatic rings. The van der Waals surface area contributed by atoms with Gasteiger partial charge in [-0.05, 0) is 36.4 Å². The summed E-state index contributed by atoms with van der Waals surface area (Å²) < 4.78 is 38.9. The van der Waals surface area contributed by atoms with Crippen LogP contribution in [0.4, 0.5) is 25.8 Å². The lowest BCUT2D eigenvalue weighted by Crippen LogP contribution is -2.24. The Kier molecular flexibility index (Phi) is 5.46. The predicted octanol–water partition coefficient (Wildman–Crippen LogP) is 3.57. The van der Waals surface area contributed by atoms with E-state index in [2.05, 4.69) is 10.6 Å². The van der Waals surface area contributed by atoms with E-state index in [9.17, 15) is 13.6 Å². The lowest BCUT2D eigenvalue weighted by Gasteiger charge is -2.21. The SMILES string of the molecule is CN(CCC1OCCO1)c1ccc(N/C=C2/C(=O)Nc3ccc(F)cc32)cc1F. The van der Waals surface area contributed by atoms with Gasteiger partial charge < -0.3 is 25.0 Å². The number of nitrogens with zero attached hydrogens (tertiary/aromatic N) is 1. The summed E-state index contributed by atoms with van der Waals surface area (Å²) in [6, 6.07) is 8.81. The van der Waals surface area contributed by atoms with Crippen molar-refractivity contribution in [3.05, 3.63) is 59.8 Å². The predicted molar refractivity (Wildman–Crippen MR) is 107 cm³/mol. The van der Waals surface area contributed by atoms with Gasteiger partial charge in [0.1, 0.15) is 11.6 Å². The Balaban J connectivity index is 1.44. The van der Waals surface area contributed by atoms with Crippen LogP contribution in [0.25, 0.3) is 5.57 Å². The van der Waals surface area contributed by atoms with Crippen molar-refractivity contribution in [1.29, 1.82) is 0 Å². The van der Waals surface area contributed by atoms with Gasteiger partial charge in [0.2, 0.25) is 0 Å². The number of amides is 1. The third kappa shape index (κ3) is 4.23. The van der Waals surface area contributed by atoms with Crippen LogP contribution < -0.4 is 15.5 Å². The molecular formula is C21H21F2N3O3. The van der Waals surface area contributed by atoms with Crippen LogP contribution in [0.15, 0.2) is 42.6 Å². The van der Waals surface area contributed by atoms with E-state index in [0.717, 1.165) is 0 Å². The molecule has 6 nitrogen and oxygen atoms in total. The van der Waals surface area contributed by atoms with Gasteiger partial charge in [-0.2, -0.15) is 0 Å². The van der Waals surface area contributed by atoms with Crippen LogP contribution in [0.3, 0.4) is 0 Å². The van der Waals surface area contributed by atoms with E-state index in [1.54, 1.807) is 24.1 Å². The van der Waals surface area contributed by atoms with Gasteiger partial charge in [0, 0.05) is 43.2 Å². The maximum Gasteiger partial charge on any atom is 0.257 e. The zero-order valence-electron chi connectivity index (χ0n) is 15.9. The molecule has 0 saturated carbocycles. The number of ether oxygens (including phenoxy) is 2. The number of hydrogen-bond donors (Lipinski definition) is 2. The molecule has 0 radical (unpaired) electrons. The van der Waals surface area contributed by atoms with Gasteiger partial charge in [-0.25, -0.2) is 8.78 Å². The molecule has 0 bridgehead atoms. The Morgan fingerprint density at radius 1 is 1.21 bits per heavy atom. The van der Waals surface area contributed by atoms with Crippen LogP contribution in [0.5, 0.6) is 0 Å². The second-order valence-corrected chi connectivity index (χ2v) is 6.89. The molecule has 0 atom stereocenters. The Labute approximate surface area is 167 Å². The molecule has 29 heavy (non-hydrogen) atoms. The van der Waals surface area contributed by atoms with Gasteiger partial charge in [-0.3, -0.25) is 4.79 Å². The molecule has 2 aliphatic heterocycles. The van der Waals surface area contributed by atoms with Crippen molar-refractivity contribution in [1.82, 2.24) is 0 Å².